The number of hydrogen-bond acceptors (Lipinski definition) is 4. The van der Waals surface area contributed by atoms with Gasteiger partial charge >= 0.3 is 0 Å². The van der Waals surface area contributed by atoms with E-state index in [1.165, 1.54) is 12.3 Å². The summed E-state index contributed by atoms with van der Waals surface area (Å²) in [7, 11) is 1.79. The van der Waals surface area contributed by atoms with Crippen molar-refractivity contribution in [1.82, 2.24) is 29.7 Å². The first-order chi connectivity index (χ1) is 11.4. The Morgan fingerprint density at radius 1 is 1.38 bits per heavy atom. The molecule has 0 aliphatic carbocycles. The van der Waals surface area contributed by atoms with Gasteiger partial charge in [-0.2, -0.15) is 10.2 Å². The van der Waals surface area contributed by atoms with E-state index in [2.05, 4.69) is 20.5 Å². The molecule has 0 unspecified atom stereocenters. The van der Waals surface area contributed by atoms with E-state index in [0.29, 0.717) is 5.69 Å². The number of nitrogens with zero attached hydrogens (tertiary/aromatic N) is 5. The number of rotatable bonds is 4. The third-order valence-electron chi connectivity index (χ3n) is 3.65. The molecule has 3 rings (SSSR count). The van der Waals surface area contributed by atoms with E-state index >= 15 is 0 Å². The summed E-state index contributed by atoms with van der Waals surface area (Å²) in [5.74, 6) is -0.424. The molecule has 126 valence electrons. The summed E-state index contributed by atoms with van der Waals surface area (Å²) in [5.41, 5.74) is 2.06. The predicted octanol–water partition coefficient (Wildman–Crippen LogP) is 1.95. The number of hydrogen-bond donors (Lipinski definition) is 1. The zero-order chi connectivity index (χ0) is 17.4. The minimum atomic E-state index is -2.71. The van der Waals surface area contributed by atoms with Crippen molar-refractivity contribution >= 4 is 11.6 Å². The van der Waals surface area contributed by atoms with Crippen molar-refractivity contribution < 1.29 is 13.6 Å². The van der Waals surface area contributed by atoms with Crippen molar-refractivity contribution in [3.8, 4) is 0 Å². The van der Waals surface area contributed by atoms with Crippen LogP contribution in [0.4, 0.5) is 8.78 Å². The number of aromatic nitrogens is 5. The Hall–Kier alpha value is -2.84. The maximum atomic E-state index is 13.1. The fourth-order valence-electron chi connectivity index (χ4n) is 2.52. The first-order valence-corrected chi connectivity index (χ1v) is 7.27. The molecule has 0 aromatic carbocycles. The monoisotopic (exact) mass is 334 g/mol. The average Bonchev–Trinajstić information content (AvgIpc) is 3.06. The van der Waals surface area contributed by atoms with Gasteiger partial charge in [0.1, 0.15) is 11.3 Å². The normalized spacial score (nSPS) is 11.4. The molecule has 0 aliphatic rings. The van der Waals surface area contributed by atoms with E-state index < -0.39 is 12.3 Å². The van der Waals surface area contributed by atoms with E-state index in [9.17, 15) is 13.6 Å². The summed E-state index contributed by atoms with van der Waals surface area (Å²) in [6.07, 6.45) is 0.352. The molecule has 9 heteroatoms. The van der Waals surface area contributed by atoms with E-state index in [1.54, 1.807) is 18.7 Å². The van der Waals surface area contributed by atoms with Crippen molar-refractivity contribution in [1.29, 1.82) is 0 Å². The van der Waals surface area contributed by atoms with Gasteiger partial charge in [-0.1, -0.05) is 0 Å². The molecule has 0 radical (unpaired) electrons. The van der Waals surface area contributed by atoms with Gasteiger partial charge in [-0.05, 0) is 19.9 Å². The Morgan fingerprint density at radius 3 is 2.75 bits per heavy atom. The molecule has 0 spiro atoms. The molecule has 3 heterocycles. The van der Waals surface area contributed by atoms with Crippen LogP contribution in [0.2, 0.25) is 0 Å². The second-order valence-corrected chi connectivity index (χ2v) is 5.51. The lowest BCUT2D eigenvalue weighted by molar-refractivity contribution is 0.0952. The van der Waals surface area contributed by atoms with Crippen molar-refractivity contribution in [2.24, 2.45) is 7.05 Å². The van der Waals surface area contributed by atoms with Gasteiger partial charge in [-0.3, -0.25) is 9.48 Å². The summed E-state index contributed by atoms with van der Waals surface area (Å²) < 4.78 is 28.9. The summed E-state index contributed by atoms with van der Waals surface area (Å²) in [5, 5.41) is 10.8. The molecule has 0 aliphatic heterocycles. The zero-order valence-electron chi connectivity index (χ0n) is 13.4. The van der Waals surface area contributed by atoms with Gasteiger partial charge in [0.15, 0.2) is 5.65 Å². The highest BCUT2D eigenvalue weighted by molar-refractivity contribution is 5.99. The molecule has 0 atom stereocenters. The number of amides is 1. The van der Waals surface area contributed by atoms with Crippen LogP contribution in [0.15, 0.2) is 18.5 Å². The Morgan fingerprint density at radius 2 is 2.12 bits per heavy atom. The van der Waals surface area contributed by atoms with Crippen molar-refractivity contribution in [2.45, 2.75) is 26.8 Å². The highest BCUT2D eigenvalue weighted by atomic mass is 19.3. The third kappa shape index (κ3) is 2.84. The lowest BCUT2D eigenvalue weighted by Crippen LogP contribution is -2.23. The van der Waals surface area contributed by atoms with Crippen LogP contribution >= 0.6 is 0 Å². The molecule has 24 heavy (non-hydrogen) atoms. The van der Waals surface area contributed by atoms with Crippen LogP contribution < -0.4 is 5.32 Å². The fourth-order valence-corrected chi connectivity index (χ4v) is 2.52. The zero-order valence-corrected chi connectivity index (χ0v) is 13.4. The van der Waals surface area contributed by atoms with Crippen LogP contribution in [0, 0.1) is 13.8 Å². The molecule has 3 aromatic heterocycles. The summed E-state index contributed by atoms with van der Waals surface area (Å²) in [6, 6.07) is 1.26. The summed E-state index contributed by atoms with van der Waals surface area (Å²) >= 11 is 0. The van der Waals surface area contributed by atoms with Crippen LogP contribution in [-0.4, -0.2) is 30.3 Å². The molecule has 0 fully saturated rings. The van der Waals surface area contributed by atoms with Crippen molar-refractivity contribution in [3.63, 3.8) is 0 Å². The minimum Gasteiger partial charge on any atom is -0.348 e. The van der Waals surface area contributed by atoms with E-state index in [0.717, 1.165) is 15.8 Å². The van der Waals surface area contributed by atoms with Crippen LogP contribution in [-0.2, 0) is 13.6 Å². The first-order valence-electron chi connectivity index (χ1n) is 7.27. The summed E-state index contributed by atoms with van der Waals surface area (Å²) in [4.78, 5) is 16.6. The molecule has 0 saturated heterocycles. The number of fused-ring (bicyclic) bond motifs is 1. The van der Waals surface area contributed by atoms with Gasteiger partial charge in [-0.15, -0.1) is 0 Å². The standard InChI is InChI=1S/C15H16F2N6O/c1-8-4-12(13(16)17)23-14(20-8)11(6-19-23)15(24)18-5-10-7-22(3)21-9(10)2/h4,6-7,13H,5H2,1-3H3,(H,18,24). The number of aryl methyl sites for hydroxylation is 3. The van der Waals surface area contributed by atoms with E-state index in [-0.39, 0.29) is 23.4 Å². The van der Waals surface area contributed by atoms with Gasteiger partial charge in [0.05, 0.1) is 11.9 Å². The first kappa shape index (κ1) is 16.0. The number of halogens is 2. The van der Waals surface area contributed by atoms with Crippen LogP contribution in [0.3, 0.4) is 0 Å². The molecule has 7 nitrogen and oxygen atoms in total. The lowest BCUT2D eigenvalue weighted by Gasteiger charge is -2.06. The molecule has 1 amide bonds. The SMILES string of the molecule is Cc1cc(C(F)F)n2ncc(C(=O)NCc3cn(C)nc3C)c2n1. The van der Waals surface area contributed by atoms with E-state index in [4.69, 9.17) is 0 Å². The second kappa shape index (κ2) is 5.99. The van der Waals surface area contributed by atoms with Crippen molar-refractivity contribution in [3.05, 3.63) is 46.7 Å². The van der Waals surface area contributed by atoms with Crippen molar-refractivity contribution in [2.75, 3.05) is 0 Å². The molecular weight excluding hydrogens is 318 g/mol. The van der Waals surface area contributed by atoms with E-state index in [1.807, 2.05) is 13.1 Å². The molecule has 0 saturated carbocycles. The second-order valence-electron chi connectivity index (χ2n) is 5.51. The highest BCUT2D eigenvalue weighted by Crippen LogP contribution is 2.21. The lowest BCUT2D eigenvalue weighted by atomic mass is 10.2. The van der Waals surface area contributed by atoms with Gasteiger partial charge < -0.3 is 5.32 Å². The highest BCUT2D eigenvalue weighted by Gasteiger charge is 2.20. The van der Waals surface area contributed by atoms with Gasteiger partial charge in [0, 0.05) is 31.0 Å². The van der Waals surface area contributed by atoms with Gasteiger partial charge in [0.2, 0.25) is 0 Å². The molecule has 0 bridgehead atoms. The Kier molecular flexibility index (Phi) is 4.00. The molecular formula is C15H16F2N6O. The number of nitrogens with one attached hydrogen (secondary N) is 1. The average molecular weight is 334 g/mol. The van der Waals surface area contributed by atoms with Gasteiger partial charge in [-0.25, -0.2) is 18.3 Å². The molecule has 3 aromatic rings. The van der Waals surface area contributed by atoms with Crippen LogP contribution in [0.25, 0.3) is 5.65 Å². The van der Waals surface area contributed by atoms with Crippen LogP contribution in [0.5, 0.6) is 0 Å². The minimum absolute atomic E-state index is 0.116. The third-order valence-corrected chi connectivity index (χ3v) is 3.65. The summed E-state index contributed by atoms with van der Waals surface area (Å²) in [6.45, 7) is 3.72. The maximum absolute atomic E-state index is 13.1. The number of carbonyl (C=O) groups is 1. The maximum Gasteiger partial charge on any atom is 0.280 e. The smallest absolute Gasteiger partial charge is 0.280 e. The Labute approximate surface area is 136 Å². The predicted molar refractivity (Wildman–Crippen MR) is 81.8 cm³/mol. The number of alkyl halides is 2. The Bertz CT molecular complexity index is 914. The largest absolute Gasteiger partial charge is 0.348 e. The van der Waals surface area contributed by atoms with Crippen LogP contribution in [0.1, 0.15) is 39.4 Å². The van der Waals surface area contributed by atoms with Gasteiger partial charge in [0.25, 0.3) is 12.3 Å². The number of carbonyl (C=O) groups excluding carboxylic acids is 1. The fraction of sp³-hybridized carbons (Fsp3) is 0.333. The topological polar surface area (TPSA) is 77.1 Å². The Balaban J connectivity index is 1.89. The molecule has 1 N–H and O–H groups in total. The quantitative estimate of drug-likeness (QED) is 0.791.